The molecule has 1 fully saturated rings. The number of H-pyrrole nitrogens is 2. The Balaban J connectivity index is 2.18. The number of aryl methyl sites for hydroxylation is 1. The molecule has 6 heteroatoms. The molecule has 98 valence electrons. The van der Waals surface area contributed by atoms with Gasteiger partial charge in [0.15, 0.2) is 0 Å². The molecule has 1 aromatic rings. The fourth-order valence-electron chi connectivity index (χ4n) is 2.38. The van der Waals surface area contributed by atoms with E-state index in [2.05, 4.69) is 15.3 Å². The molecule has 0 atom stereocenters. The largest absolute Gasteiger partial charge is 0.349 e. The number of carbonyl (C=O) groups excluding carboxylic acids is 1. The molecule has 0 unspecified atom stereocenters. The van der Waals surface area contributed by atoms with Crippen LogP contribution in [0.3, 0.4) is 0 Å². The van der Waals surface area contributed by atoms with Crippen molar-refractivity contribution in [2.75, 3.05) is 0 Å². The van der Waals surface area contributed by atoms with Gasteiger partial charge in [0.1, 0.15) is 4.64 Å². The standard InChI is InChI=1S/C12H17N3O2S/c1-7-9(11(18)15-12(17)13-7)10(16)14-8-5-3-2-4-6-8/h8H,2-6H2,1H3,(H,14,16)(H2,13,15,17,18). The lowest BCUT2D eigenvalue weighted by molar-refractivity contribution is 0.0925. The minimum Gasteiger partial charge on any atom is -0.349 e. The summed E-state index contributed by atoms with van der Waals surface area (Å²) in [5.41, 5.74) is 0.499. The number of amides is 1. The lowest BCUT2D eigenvalue weighted by Gasteiger charge is -2.22. The van der Waals surface area contributed by atoms with E-state index in [1.165, 1.54) is 6.42 Å². The van der Waals surface area contributed by atoms with Gasteiger partial charge in [-0.05, 0) is 19.8 Å². The van der Waals surface area contributed by atoms with Gasteiger partial charge in [-0.1, -0.05) is 31.5 Å². The number of aromatic nitrogens is 2. The summed E-state index contributed by atoms with van der Waals surface area (Å²) in [6.07, 6.45) is 5.59. The Bertz CT molecular complexity index is 555. The highest BCUT2D eigenvalue weighted by atomic mass is 32.1. The van der Waals surface area contributed by atoms with E-state index in [0.29, 0.717) is 11.3 Å². The number of aromatic amines is 2. The van der Waals surface area contributed by atoms with Crippen LogP contribution in [0.15, 0.2) is 4.79 Å². The van der Waals surface area contributed by atoms with Crippen LogP contribution in [0, 0.1) is 11.6 Å². The fourth-order valence-corrected chi connectivity index (χ4v) is 2.72. The van der Waals surface area contributed by atoms with Crippen molar-refractivity contribution in [2.24, 2.45) is 0 Å². The van der Waals surface area contributed by atoms with Crippen molar-refractivity contribution < 1.29 is 4.79 Å². The fraction of sp³-hybridized carbons (Fsp3) is 0.583. The van der Waals surface area contributed by atoms with Crippen LogP contribution in [0.4, 0.5) is 0 Å². The lowest BCUT2D eigenvalue weighted by Crippen LogP contribution is -2.37. The molecule has 2 rings (SSSR count). The number of hydrogen-bond acceptors (Lipinski definition) is 3. The monoisotopic (exact) mass is 267 g/mol. The van der Waals surface area contributed by atoms with Gasteiger partial charge >= 0.3 is 5.69 Å². The van der Waals surface area contributed by atoms with E-state index in [0.717, 1.165) is 25.7 Å². The quantitative estimate of drug-likeness (QED) is 0.715. The molecule has 3 N–H and O–H groups in total. The molecular weight excluding hydrogens is 250 g/mol. The van der Waals surface area contributed by atoms with E-state index < -0.39 is 0 Å². The first kappa shape index (κ1) is 13.0. The summed E-state index contributed by atoms with van der Waals surface area (Å²) >= 11 is 5.03. The summed E-state index contributed by atoms with van der Waals surface area (Å²) in [5.74, 6) is -0.197. The second-order valence-electron chi connectivity index (χ2n) is 4.72. The molecule has 1 aromatic heterocycles. The molecule has 1 aliphatic rings. The van der Waals surface area contributed by atoms with Crippen LogP contribution >= 0.6 is 12.2 Å². The minimum atomic E-state index is -0.383. The molecule has 0 aliphatic heterocycles. The van der Waals surface area contributed by atoms with Gasteiger partial charge < -0.3 is 10.3 Å². The van der Waals surface area contributed by atoms with Crippen molar-refractivity contribution in [1.82, 2.24) is 15.3 Å². The molecule has 0 spiro atoms. The van der Waals surface area contributed by atoms with Crippen molar-refractivity contribution in [3.05, 3.63) is 26.4 Å². The van der Waals surface area contributed by atoms with Gasteiger partial charge in [0.2, 0.25) is 0 Å². The van der Waals surface area contributed by atoms with Gasteiger partial charge in [-0.2, -0.15) is 0 Å². The summed E-state index contributed by atoms with van der Waals surface area (Å²) in [6, 6.07) is 0.229. The van der Waals surface area contributed by atoms with Gasteiger partial charge in [0, 0.05) is 11.7 Å². The molecule has 1 aliphatic carbocycles. The maximum atomic E-state index is 12.1. The van der Waals surface area contributed by atoms with Crippen LogP contribution in [0.5, 0.6) is 0 Å². The van der Waals surface area contributed by atoms with Gasteiger partial charge in [-0.3, -0.25) is 9.78 Å². The zero-order chi connectivity index (χ0) is 13.1. The van der Waals surface area contributed by atoms with Crippen LogP contribution in [0.2, 0.25) is 0 Å². The molecule has 18 heavy (non-hydrogen) atoms. The zero-order valence-electron chi connectivity index (χ0n) is 10.3. The summed E-state index contributed by atoms with van der Waals surface area (Å²) in [7, 11) is 0. The second kappa shape index (κ2) is 5.48. The van der Waals surface area contributed by atoms with Crippen LogP contribution in [0.25, 0.3) is 0 Å². The number of hydrogen-bond donors (Lipinski definition) is 3. The Labute approximate surface area is 110 Å². The van der Waals surface area contributed by atoms with Crippen LogP contribution in [-0.4, -0.2) is 21.9 Å². The van der Waals surface area contributed by atoms with Crippen LogP contribution in [0.1, 0.15) is 48.2 Å². The highest BCUT2D eigenvalue weighted by molar-refractivity contribution is 7.71. The minimum absolute atomic E-state index is 0.197. The van der Waals surface area contributed by atoms with Crippen molar-refractivity contribution in [2.45, 2.75) is 45.1 Å². The van der Waals surface area contributed by atoms with Crippen molar-refractivity contribution >= 4 is 18.1 Å². The average Bonchev–Trinajstić information content (AvgIpc) is 2.28. The summed E-state index contributed by atoms with van der Waals surface area (Å²) in [6.45, 7) is 1.68. The Kier molecular flexibility index (Phi) is 3.96. The Morgan fingerprint density at radius 2 is 1.94 bits per heavy atom. The zero-order valence-corrected chi connectivity index (χ0v) is 11.2. The van der Waals surface area contributed by atoms with Gasteiger partial charge in [-0.15, -0.1) is 0 Å². The van der Waals surface area contributed by atoms with Crippen molar-refractivity contribution in [1.29, 1.82) is 0 Å². The average molecular weight is 267 g/mol. The molecule has 0 aromatic carbocycles. The number of nitrogens with one attached hydrogen (secondary N) is 3. The van der Waals surface area contributed by atoms with E-state index in [4.69, 9.17) is 12.2 Å². The third-order valence-electron chi connectivity index (χ3n) is 3.30. The molecule has 5 nitrogen and oxygen atoms in total. The number of rotatable bonds is 2. The first-order chi connectivity index (χ1) is 8.58. The molecule has 0 bridgehead atoms. The molecule has 0 radical (unpaired) electrons. The molecule has 1 saturated carbocycles. The van der Waals surface area contributed by atoms with Crippen molar-refractivity contribution in [3.63, 3.8) is 0 Å². The van der Waals surface area contributed by atoms with E-state index in [-0.39, 0.29) is 22.3 Å². The summed E-state index contributed by atoms with van der Waals surface area (Å²) in [4.78, 5) is 28.3. The molecule has 0 saturated heterocycles. The molecular formula is C12H17N3O2S. The smallest absolute Gasteiger partial charge is 0.324 e. The maximum Gasteiger partial charge on any atom is 0.324 e. The van der Waals surface area contributed by atoms with Gasteiger partial charge in [0.25, 0.3) is 5.91 Å². The van der Waals surface area contributed by atoms with Crippen LogP contribution in [-0.2, 0) is 0 Å². The topological polar surface area (TPSA) is 77.8 Å². The maximum absolute atomic E-state index is 12.1. The first-order valence-corrected chi connectivity index (χ1v) is 6.63. The predicted molar refractivity (Wildman–Crippen MR) is 71.3 cm³/mol. The third kappa shape index (κ3) is 2.87. The summed E-state index contributed by atoms with van der Waals surface area (Å²) in [5, 5.41) is 2.99. The number of carbonyl (C=O) groups is 1. The van der Waals surface area contributed by atoms with Crippen LogP contribution < -0.4 is 11.0 Å². The third-order valence-corrected chi connectivity index (χ3v) is 3.60. The Morgan fingerprint density at radius 3 is 2.56 bits per heavy atom. The van der Waals surface area contributed by atoms with E-state index in [1.807, 2.05) is 0 Å². The second-order valence-corrected chi connectivity index (χ2v) is 5.12. The van der Waals surface area contributed by atoms with Gasteiger partial charge in [-0.25, -0.2) is 4.79 Å². The Morgan fingerprint density at radius 1 is 1.28 bits per heavy atom. The molecule has 1 heterocycles. The molecule has 1 amide bonds. The lowest BCUT2D eigenvalue weighted by atomic mass is 9.95. The van der Waals surface area contributed by atoms with E-state index in [1.54, 1.807) is 6.92 Å². The van der Waals surface area contributed by atoms with Gasteiger partial charge in [0.05, 0.1) is 5.56 Å². The van der Waals surface area contributed by atoms with E-state index in [9.17, 15) is 9.59 Å². The predicted octanol–water partition coefficient (Wildman–Crippen LogP) is 1.80. The highest BCUT2D eigenvalue weighted by Gasteiger charge is 2.19. The first-order valence-electron chi connectivity index (χ1n) is 6.22. The van der Waals surface area contributed by atoms with Crippen molar-refractivity contribution in [3.8, 4) is 0 Å². The highest BCUT2D eigenvalue weighted by Crippen LogP contribution is 2.18. The normalized spacial score (nSPS) is 16.5. The SMILES string of the molecule is Cc1[nH]c(=O)[nH]c(=S)c1C(=O)NC1CCCCC1. The Hall–Kier alpha value is -1.43. The summed E-state index contributed by atoms with van der Waals surface area (Å²) < 4.78 is 0.199. The van der Waals surface area contributed by atoms with E-state index >= 15 is 0 Å².